The average Bonchev–Trinajstić information content (AvgIpc) is 3.53. The fourth-order valence-electron chi connectivity index (χ4n) is 4.16. The van der Waals surface area contributed by atoms with Crippen LogP contribution in [0.15, 0.2) is 42.7 Å². The Morgan fingerprint density at radius 1 is 1.15 bits per heavy atom. The number of nitrogens with zero attached hydrogens (tertiary/aromatic N) is 5. The lowest BCUT2D eigenvalue weighted by atomic mass is 9.93. The molecule has 0 aromatic carbocycles. The normalized spacial score (nSPS) is 14.9. The summed E-state index contributed by atoms with van der Waals surface area (Å²) in [5, 5.41) is 4.56. The Morgan fingerprint density at radius 3 is 2.52 bits per heavy atom. The van der Waals surface area contributed by atoms with Crippen molar-refractivity contribution in [2.24, 2.45) is 11.7 Å². The van der Waals surface area contributed by atoms with Gasteiger partial charge in [0.1, 0.15) is 0 Å². The summed E-state index contributed by atoms with van der Waals surface area (Å²) < 4.78 is 1.68. The van der Waals surface area contributed by atoms with Gasteiger partial charge in [-0.05, 0) is 56.5 Å². The second-order valence-corrected chi connectivity index (χ2v) is 8.64. The number of hydrogen-bond acceptors (Lipinski definition) is 6. The first-order valence-corrected chi connectivity index (χ1v) is 11.4. The number of aromatic nitrogens is 4. The van der Waals surface area contributed by atoms with E-state index in [-0.39, 0.29) is 17.6 Å². The Labute approximate surface area is 193 Å². The SMILES string of the molecule is CCN(C)C(=O)c1cc(-c2ccc(C(N)C(=O)C3CCCC3)cn2)n(-c2ccc(C)nc2)n1. The Kier molecular flexibility index (Phi) is 6.65. The van der Waals surface area contributed by atoms with Gasteiger partial charge >= 0.3 is 0 Å². The first kappa shape index (κ1) is 22.8. The van der Waals surface area contributed by atoms with Crippen LogP contribution in [-0.2, 0) is 4.79 Å². The third-order valence-electron chi connectivity index (χ3n) is 6.36. The number of nitrogens with two attached hydrogens (primary N) is 1. The summed E-state index contributed by atoms with van der Waals surface area (Å²) in [4.78, 5) is 36.0. The van der Waals surface area contributed by atoms with Gasteiger partial charge in [0.25, 0.3) is 5.91 Å². The second kappa shape index (κ2) is 9.62. The molecule has 1 atom stereocenters. The molecule has 0 saturated heterocycles. The highest BCUT2D eigenvalue weighted by atomic mass is 16.2. The van der Waals surface area contributed by atoms with Gasteiger partial charge < -0.3 is 10.6 Å². The maximum absolute atomic E-state index is 12.8. The molecule has 1 saturated carbocycles. The van der Waals surface area contributed by atoms with Gasteiger partial charge in [0.2, 0.25) is 0 Å². The highest BCUT2D eigenvalue weighted by molar-refractivity contribution is 5.93. The molecule has 1 unspecified atom stereocenters. The first-order valence-electron chi connectivity index (χ1n) is 11.4. The largest absolute Gasteiger partial charge is 0.341 e. The van der Waals surface area contributed by atoms with E-state index in [1.165, 1.54) is 0 Å². The summed E-state index contributed by atoms with van der Waals surface area (Å²) in [5.74, 6) is -0.0223. The smallest absolute Gasteiger partial charge is 0.274 e. The molecule has 2 N–H and O–H groups in total. The molecule has 172 valence electrons. The number of hydrogen-bond donors (Lipinski definition) is 1. The molecular weight excluding hydrogens is 416 g/mol. The van der Waals surface area contributed by atoms with Gasteiger partial charge in [-0.3, -0.25) is 19.6 Å². The molecule has 1 aliphatic carbocycles. The van der Waals surface area contributed by atoms with Crippen LogP contribution in [-0.4, -0.2) is 49.9 Å². The number of pyridine rings is 2. The van der Waals surface area contributed by atoms with Crippen LogP contribution in [0.25, 0.3) is 17.1 Å². The fourth-order valence-corrected chi connectivity index (χ4v) is 4.16. The molecule has 1 amide bonds. The minimum atomic E-state index is -0.670. The molecule has 1 fully saturated rings. The Balaban J connectivity index is 1.68. The van der Waals surface area contributed by atoms with Crippen molar-refractivity contribution < 1.29 is 9.59 Å². The lowest BCUT2D eigenvalue weighted by Crippen LogP contribution is -2.27. The van der Waals surface area contributed by atoms with Crippen molar-refractivity contribution in [1.82, 2.24) is 24.6 Å². The monoisotopic (exact) mass is 446 g/mol. The number of amides is 1. The van der Waals surface area contributed by atoms with E-state index in [1.807, 2.05) is 38.1 Å². The summed E-state index contributed by atoms with van der Waals surface area (Å²) in [6, 6.07) is 8.52. The molecule has 3 aromatic heterocycles. The van der Waals surface area contributed by atoms with Gasteiger partial charge in [0, 0.05) is 31.4 Å². The van der Waals surface area contributed by atoms with E-state index < -0.39 is 6.04 Å². The number of aryl methyl sites for hydroxylation is 1. The van der Waals surface area contributed by atoms with Crippen molar-refractivity contribution in [1.29, 1.82) is 0 Å². The van der Waals surface area contributed by atoms with Crippen molar-refractivity contribution in [3.63, 3.8) is 0 Å². The van der Waals surface area contributed by atoms with E-state index in [0.29, 0.717) is 29.2 Å². The standard InChI is InChI=1S/C25H30N6O2/c1-4-30(3)25(33)21-13-22(31(29-21)19-11-9-16(2)27-15-19)20-12-10-18(14-28-20)23(26)24(32)17-7-5-6-8-17/h9-15,17,23H,4-8,26H2,1-3H3. The van der Waals surface area contributed by atoms with Gasteiger partial charge in [-0.2, -0.15) is 5.10 Å². The predicted octanol–water partition coefficient (Wildman–Crippen LogP) is 3.49. The molecule has 0 radical (unpaired) electrons. The van der Waals surface area contributed by atoms with Crippen LogP contribution < -0.4 is 5.73 Å². The van der Waals surface area contributed by atoms with E-state index in [4.69, 9.17) is 5.73 Å². The van der Waals surface area contributed by atoms with E-state index in [1.54, 1.807) is 35.1 Å². The van der Waals surface area contributed by atoms with Crippen LogP contribution in [0.5, 0.6) is 0 Å². The van der Waals surface area contributed by atoms with E-state index in [0.717, 1.165) is 37.1 Å². The molecular formula is C25H30N6O2. The van der Waals surface area contributed by atoms with E-state index in [2.05, 4.69) is 15.1 Å². The number of ketones is 1. The maximum Gasteiger partial charge on any atom is 0.274 e. The Bertz CT molecular complexity index is 1130. The summed E-state index contributed by atoms with van der Waals surface area (Å²) in [6.45, 7) is 4.40. The van der Waals surface area contributed by atoms with Crippen LogP contribution in [0.3, 0.4) is 0 Å². The topological polar surface area (TPSA) is 107 Å². The summed E-state index contributed by atoms with van der Waals surface area (Å²) >= 11 is 0. The fraction of sp³-hybridized carbons (Fsp3) is 0.400. The van der Waals surface area contributed by atoms with Crippen LogP contribution in [0.1, 0.15) is 60.4 Å². The molecule has 8 heteroatoms. The van der Waals surface area contributed by atoms with Gasteiger partial charge in [-0.1, -0.05) is 18.9 Å². The van der Waals surface area contributed by atoms with E-state index in [9.17, 15) is 9.59 Å². The minimum absolute atomic E-state index is 0.0549. The average molecular weight is 447 g/mol. The van der Waals surface area contributed by atoms with Crippen molar-refractivity contribution >= 4 is 11.7 Å². The Morgan fingerprint density at radius 2 is 1.91 bits per heavy atom. The highest BCUT2D eigenvalue weighted by Crippen LogP contribution is 2.30. The predicted molar refractivity (Wildman–Crippen MR) is 126 cm³/mol. The zero-order valence-electron chi connectivity index (χ0n) is 19.4. The molecule has 3 aromatic rings. The third-order valence-corrected chi connectivity index (χ3v) is 6.36. The molecule has 1 aliphatic rings. The summed E-state index contributed by atoms with van der Waals surface area (Å²) in [7, 11) is 1.74. The number of carbonyl (C=O) groups is 2. The quantitative estimate of drug-likeness (QED) is 0.595. The highest BCUT2D eigenvalue weighted by Gasteiger charge is 2.28. The van der Waals surface area contributed by atoms with E-state index >= 15 is 0 Å². The van der Waals surface area contributed by atoms with Crippen LogP contribution >= 0.6 is 0 Å². The number of carbonyl (C=O) groups excluding carboxylic acids is 2. The van der Waals surface area contributed by atoms with Crippen LogP contribution in [0.2, 0.25) is 0 Å². The molecule has 0 bridgehead atoms. The van der Waals surface area contributed by atoms with Crippen LogP contribution in [0, 0.1) is 12.8 Å². The molecule has 8 nitrogen and oxygen atoms in total. The van der Waals surface area contributed by atoms with Gasteiger partial charge in [0.05, 0.1) is 29.3 Å². The zero-order valence-corrected chi connectivity index (χ0v) is 19.4. The molecule has 0 spiro atoms. The number of Topliss-reactive ketones (excluding diaryl/α,β-unsaturated/α-hetero) is 1. The molecule has 3 heterocycles. The minimum Gasteiger partial charge on any atom is -0.341 e. The van der Waals surface area contributed by atoms with Crippen molar-refractivity contribution in [3.05, 3.63) is 59.7 Å². The second-order valence-electron chi connectivity index (χ2n) is 8.64. The van der Waals surface area contributed by atoms with Crippen LogP contribution in [0.4, 0.5) is 0 Å². The summed E-state index contributed by atoms with van der Waals surface area (Å²) in [6.07, 6.45) is 7.39. The Hall–Kier alpha value is -3.39. The lowest BCUT2D eigenvalue weighted by molar-refractivity contribution is -0.124. The maximum atomic E-state index is 12.8. The van der Waals surface area contributed by atoms with Gasteiger partial charge in [-0.25, -0.2) is 4.68 Å². The third kappa shape index (κ3) is 4.71. The number of rotatable bonds is 7. The van der Waals surface area contributed by atoms with Gasteiger partial charge in [0.15, 0.2) is 11.5 Å². The van der Waals surface area contributed by atoms with Crippen molar-refractivity contribution in [2.45, 2.75) is 45.6 Å². The van der Waals surface area contributed by atoms with Crippen molar-refractivity contribution in [3.8, 4) is 17.1 Å². The molecule has 33 heavy (non-hydrogen) atoms. The zero-order chi connectivity index (χ0) is 23.5. The van der Waals surface area contributed by atoms with Crippen molar-refractivity contribution in [2.75, 3.05) is 13.6 Å². The molecule has 4 rings (SSSR count). The lowest BCUT2D eigenvalue weighted by Gasteiger charge is -2.15. The van der Waals surface area contributed by atoms with Gasteiger partial charge in [-0.15, -0.1) is 0 Å². The molecule has 0 aliphatic heterocycles. The summed E-state index contributed by atoms with van der Waals surface area (Å²) in [5.41, 5.74) is 10.2. The first-order chi connectivity index (χ1) is 15.9.